The van der Waals surface area contributed by atoms with Crippen LogP contribution in [0.4, 0.5) is 10.5 Å². The molecule has 1 unspecified atom stereocenters. The second-order valence-corrected chi connectivity index (χ2v) is 10.3. The number of primary amides is 1. The van der Waals surface area contributed by atoms with E-state index in [1.54, 1.807) is 13.8 Å². The molecule has 0 saturated heterocycles. The summed E-state index contributed by atoms with van der Waals surface area (Å²) in [6, 6.07) is 1.91. The average molecular weight is 453 g/mol. The quantitative estimate of drug-likeness (QED) is 0.480. The van der Waals surface area contributed by atoms with Crippen LogP contribution in [0.3, 0.4) is 0 Å². The van der Waals surface area contributed by atoms with E-state index in [9.17, 15) is 14.1 Å². The highest BCUT2D eigenvalue weighted by molar-refractivity contribution is 7.85. The summed E-state index contributed by atoms with van der Waals surface area (Å²) < 4.78 is 11.3. The summed E-state index contributed by atoms with van der Waals surface area (Å²) in [7, 11) is -1.67. The SMILES string of the molecule is CC(C)(O)c1nc(CO)c(S(N)=O)s1.NC(=O)Nc1c2c(cc3c1CCC3)CCC2. The van der Waals surface area contributed by atoms with Crippen molar-refractivity contribution in [2.75, 3.05) is 5.32 Å². The first-order valence-electron chi connectivity index (χ1n) is 9.84. The first-order valence-corrected chi connectivity index (χ1v) is 11.9. The van der Waals surface area contributed by atoms with Crippen molar-refractivity contribution in [3.8, 4) is 0 Å². The number of carbonyl (C=O) groups is 1. The Morgan fingerprint density at radius 1 is 1.23 bits per heavy atom. The molecule has 1 heterocycles. The van der Waals surface area contributed by atoms with Gasteiger partial charge >= 0.3 is 6.03 Å². The third-order valence-electron chi connectivity index (χ3n) is 5.24. The number of amides is 2. The highest BCUT2D eigenvalue weighted by Gasteiger charge is 2.25. The maximum atomic E-state index is 11.1. The van der Waals surface area contributed by atoms with Crippen LogP contribution in [0.1, 0.15) is 59.6 Å². The molecular weight excluding hydrogens is 424 g/mol. The number of urea groups is 1. The number of nitrogens with zero attached hydrogens (tertiary/aromatic N) is 1. The highest BCUT2D eigenvalue weighted by atomic mass is 32.2. The normalized spacial score (nSPS) is 15.8. The number of hydrogen-bond acceptors (Lipinski definition) is 6. The molecule has 8 nitrogen and oxygen atoms in total. The number of hydrogen-bond donors (Lipinski definition) is 5. The molecule has 2 amide bonds. The van der Waals surface area contributed by atoms with Crippen molar-refractivity contribution in [2.45, 2.75) is 68.8 Å². The van der Waals surface area contributed by atoms with Gasteiger partial charge in [0.1, 0.15) is 25.8 Å². The van der Waals surface area contributed by atoms with E-state index < -0.39 is 22.6 Å². The molecule has 1 aromatic heterocycles. The van der Waals surface area contributed by atoms with Gasteiger partial charge in [0.25, 0.3) is 0 Å². The summed E-state index contributed by atoms with van der Waals surface area (Å²) in [6.07, 6.45) is 6.86. The molecule has 0 spiro atoms. The van der Waals surface area contributed by atoms with E-state index in [2.05, 4.69) is 16.4 Å². The minimum Gasteiger partial charge on any atom is -0.390 e. The first-order chi connectivity index (χ1) is 14.1. The topological polar surface area (TPSA) is 152 Å². The molecule has 0 aliphatic heterocycles. The van der Waals surface area contributed by atoms with Crippen molar-refractivity contribution in [1.29, 1.82) is 0 Å². The van der Waals surface area contributed by atoms with Crippen LogP contribution in [0, 0.1) is 0 Å². The summed E-state index contributed by atoms with van der Waals surface area (Å²) in [5.41, 5.74) is 11.0. The Kier molecular flexibility index (Phi) is 6.93. The molecular formula is C20H28N4O4S2. The lowest BCUT2D eigenvalue weighted by molar-refractivity contribution is 0.0779. The molecule has 164 valence electrons. The molecule has 2 aliphatic carbocycles. The Labute approximate surface area is 182 Å². The molecule has 1 atom stereocenters. The maximum Gasteiger partial charge on any atom is 0.316 e. The summed E-state index contributed by atoms with van der Waals surface area (Å²) >= 11 is 1.05. The van der Waals surface area contributed by atoms with Gasteiger partial charge in [0.15, 0.2) is 0 Å². The van der Waals surface area contributed by atoms with Gasteiger partial charge in [-0.3, -0.25) is 0 Å². The van der Waals surface area contributed by atoms with Crippen molar-refractivity contribution in [3.05, 3.63) is 39.0 Å². The summed E-state index contributed by atoms with van der Waals surface area (Å²) in [5, 5.41) is 27.0. The van der Waals surface area contributed by atoms with E-state index in [1.165, 1.54) is 35.1 Å². The second kappa shape index (κ2) is 9.11. The molecule has 2 aromatic rings. The van der Waals surface area contributed by atoms with Gasteiger partial charge in [0.05, 0.1) is 12.3 Å². The molecule has 10 heteroatoms. The van der Waals surface area contributed by atoms with Gasteiger partial charge in [-0.15, -0.1) is 11.3 Å². The highest BCUT2D eigenvalue weighted by Crippen LogP contribution is 2.38. The summed E-state index contributed by atoms with van der Waals surface area (Å²) in [5.74, 6) is 0. The minimum atomic E-state index is -1.67. The average Bonchev–Trinajstić information content (AvgIpc) is 3.39. The second-order valence-electron chi connectivity index (χ2n) is 7.99. The minimum absolute atomic E-state index is 0.271. The van der Waals surface area contributed by atoms with Gasteiger partial charge in [-0.2, -0.15) is 0 Å². The third kappa shape index (κ3) is 4.89. The fourth-order valence-electron chi connectivity index (χ4n) is 3.95. The lowest BCUT2D eigenvalue weighted by Crippen LogP contribution is -2.21. The largest absolute Gasteiger partial charge is 0.390 e. The Balaban J connectivity index is 0.000000173. The van der Waals surface area contributed by atoms with Crippen LogP contribution in [0.25, 0.3) is 0 Å². The standard InChI is InChI=1S/C13H16N2O.C7H12N2O3S2/c14-13(16)15-12-10-5-1-3-8(10)7-9-4-2-6-11(9)12;1-7(2,11)6-9-4(3-10)5(13-6)14(8)12/h7H,1-6H2,(H3,14,15,16);10-11H,3,8H2,1-2H3. The molecule has 30 heavy (non-hydrogen) atoms. The Bertz CT molecular complexity index is 950. The lowest BCUT2D eigenvalue weighted by Gasteiger charge is -2.14. The fourth-order valence-corrected chi connectivity index (χ4v) is 5.66. The number of anilines is 1. The number of fused-ring (bicyclic) bond motifs is 2. The van der Waals surface area contributed by atoms with E-state index >= 15 is 0 Å². The molecule has 0 bridgehead atoms. The Hall–Kier alpha value is -1.85. The van der Waals surface area contributed by atoms with E-state index in [0.29, 0.717) is 9.22 Å². The van der Waals surface area contributed by atoms with Crippen molar-refractivity contribution in [1.82, 2.24) is 4.98 Å². The van der Waals surface area contributed by atoms with Crippen LogP contribution >= 0.6 is 11.3 Å². The number of aromatic nitrogens is 1. The molecule has 0 saturated carbocycles. The number of rotatable bonds is 4. The van der Waals surface area contributed by atoms with Crippen LogP contribution in [0.5, 0.6) is 0 Å². The number of nitrogens with one attached hydrogen (secondary N) is 1. The van der Waals surface area contributed by atoms with Crippen molar-refractivity contribution in [2.24, 2.45) is 10.9 Å². The maximum absolute atomic E-state index is 11.1. The van der Waals surface area contributed by atoms with Crippen LogP contribution < -0.4 is 16.2 Å². The Morgan fingerprint density at radius 3 is 2.20 bits per heavy atom. The zero-order valence-corrected chi connectivity index (χ0v) is 18.8. The summed E-state index contributed by atoms with van der Waals surface area (Å²) in [6.45, 7) is 2.80. The van der Waals surface area contributed by atoms with E-state index in [4.69, 9.17) is 16.0 Å². The van der Waals surface area contributed by atoms with Gasteiger partial charge in [-0.1, -0.05) is 6.07 Å². The van der Waals surface area contributed by atoms with Crippen LogP contribution in [-0.4, -0.2) is 25.4 Å². The smallest absolute Gasteiger partial charge is 0.316 e. The number of aliphatic hydroxyl groups excluding tert-OH is 1. The van der Waals surface area contributed by atoms with Gasteiger partial charge in [-0.05, 0) is 74.6 Å². The van der Waals surface area contributed by atoms with Crippen molar-refractivity contribution < 1.29 is 19.2 Å². The number of aliphatic hydroxyl groups is 2. The predicted octanol–water partition coefficient (Wildman–Crippen LogP) is 2.00. The van der Waals surface area contributed by atoms with Crippen molar-refractivity contribution in [3.63, 3.8) is 0 Å². The molecule has 1 aromatic carbocycles. The molecule has 0 radical (unpaired) electrons. The Morgan fingerprint density at radius 2 is 1.80 bits per heavy atom. The molecule has 2 aliphatic rings. The zero-order valence-electron chi connectivity index (χ0n) is 17.2. The molecule has 4 rings (SSSR count). The van der Waals surface area contributed by atoms with Gasteiger partial charge in [0.2, 0.25) is 0 Å². The van der Waals surface area contributed by atoms with Gasteiger partial charge in [0, 0.05) is 5.69 Å². The monoisotopic (exact) mass is 452 g/mol. The molecule has 0 fully saturated rings. The number of thiazole rings is 1. The van der Waals surface area contributed by atoms with E-state index in [-0.39, 0.29) is 12.3 Å². The lowest BCUT2D eigenvalue weighted by atomic mass is 9.99. The number of aryl methyl sites for hydroxylation is 2. The first kappa shape index (κ1) is 22.8. The van der Waals surface area contributed by atoms with Crippen LogP contribution in [-0.2, 0) is 48.9 Å². The van der Waals surface area contributed by atoms with E-state index in [0.717, 1.165) is 42.7 Å². The number of carbonyl (C=O) groups excluding carboxylic acids is 1. The van der Waals surface area contributed by atoms with Gasteiger partial charge in [-0.25, -0.2) is 19.1 Å². The van der Waals surface area contributed by atoms with Crippen molar-refractivity contribution >= 4 is 34.0 Å². The van der Waals surface area contributed by atoms with Gasteiger partial charge < -0.3 is 21.3 Å². The molecule has 7 N–H and O–H groups in total. The third-order valence-corrected chi connectivity index (χ3v) is 7.79. The van der Waals surface area contributed by atoms with Crippen LogP contribution in [0.15, 0.2) is 10.3 Å². The van der Waals surface area contributed by atoms with E-state index in [1.807, 2.05) is 0 Å². The number of nitrogens with two attached hydrogens (primary N) is 2. The predicted molar refractivity (Wildman–Crippen MR) is 118 cm³/mol. The fraction of sp³-hybridized carbons (Fsp3) is 0.500. The zero-order chi connectivity index (χ0) is 22.1. The summed E-state index contributed by atoms with van der Waals surface area (Å²) in [4.78, 5) is 15.0. The number of benzene rings is 1. The van der Waals surface area contributed by atoms with Crippen LogP contribution in [0.2, 0.25) is 0 Å².